The number of hydrogen-bond acceptors (Lipinski definition) is 1. The minimum absolute atomic E-state index is 0.341. The average molecular weight is 297 g/mol. The summed E-state index contributed by atoms with van der Waals surface area (Å²) < 4.78 is 40.9. The highest BCUT2D eigenvalue weighted by atomic mass is 79.9. The molecule has 5 heteroatoms. The molecule has 0 spiro atoms. The van der Waals surface area contributed by atoms with E-state index in [-0.39, 0.29) is 0 Å². The van der Waals surface area contributed by atoms with Gasteiger partial charge in [-0.1, -0.05) is 40.2 Å². The van der Waals surface area contributed by atoms with Gasteiger partial charge in [0.15, 0.2) is 0 Å². The molecule has 1 aromatic rings. The second-order valence-corrected chi connectivity index (χ2v) is 4.07. The molecule has 1 unspecified atom stereocenters. The van der Waals surface area contributed by atoms with Gasteiger partial charge in [-0.05, 0) is 18.1 Å². The predicted octanol–water partition coefficient (Wildman–Crippen LogP) is 4.01. The molecule has 0 fully saturated rings. The molecular weight excluding hydrogens is 285 g/mol. The highest BCUT2D eigenvalue weighted by Gasteiger charge is 2.29. The molecule has 16 heavy (non-hydrogen) atoms. The SMILES string of the molecule is Cc1ccccc1C(CBr)OCC(F)(F)F. The Morgan fingerprint density at radius 1 is 1.31 bits per heavy atom. The van der Waals surface area contributed by atoms with Crippen molar-refractivity contribution in [3.63, 3.8) is 0 Å². The van der Waals surface area contributed by atoms with Crippen molar-refractivity contribution >= 4 is 15.9 Å². The van der Waals surface area contributed by atoms with Crippen LogP contribution >= 0.6 is 15.9 Å². The first kappa shape index (κ1) is 13.5. The van der Waals surface area contributed by atoms with Gasteiger partial charge in [-0.2, -0.15) is 13.2 Å². The van der Waals surface area contributed by atoms with E-state index in [1.54, 1.807) is 12.1 Å². The predicted molar refractivity (Wildman–Crippen MR) is 59.7 cm³/mol. The van der Waals surface area contributed by atoms with Gasteiger partial charge in [0, 0.05) is 5.33 Å². The van der Waals surface area contributed by atoms with Gasteiger partial charge >= 0.3 is 6.18 Å². The molecule has 0 radical (unpaired) electrons. The molecule has 0 aliphatic rings. The fourth-order valence-corrected chi connectivity index (χ4v) is 1.90. The Morgan fingerprint density at radius 2 is 1.94 bits per heavy atom. The summed E-state index contributed by atoms with van der Waals surface area (Å²) in [5.74, 6) is 0. The van der Waals surface area contributed by atoms with Crippen LogP contribution in [0.15, 0.2) is 24.3 Å². The number of alkyl halides is 4. The Balaban J connectivity index is 2.72. The van der Waals surface area contributed by atoms with E-state index in [2.05, 4.69) is 15.9 Å². The number of benzene rings is 1. The second kappa shape index (κ2) is 5.68. The Hall–Kier alpha value is -0.550. The highest BCUT2D eigenvalue weighted by Crippen LogP contribution is 2.26. The smallest absolute Gasteiger partial charge is 0.363 e. The Labute approximate surface area is 101 Å². The van der Waals surface area contributed by atoms with Gasteiger partial charge in [0.1, 0.15) is 6.61 Å². The van der Waals surface area contributed by atoms with Gasteiger partial charge in [-0.15, -0.1) is 0 Å². The topological polar surface area (TPSA) is 9.23 Å². The Morgan fingerprint density at radius 3 is 2.44 bits per heavy atom. The zero-order valence-electron chi connectivity index (χ0n) is 8.72. The molecule has 0 bridgehead atoms. The molecule has 0 amide bonds. The molecular formula is C11H12BrF3O. The molecule has 1 atom stereocenters. The first-order chi connectivity index (χ1) is 7.44. The van der Waals surface area contributed by atoms with Crippen LogP contribution in [0.2, 0.25) is 0 Å². The number of ether oxygens (including phenoxy) is 1. The maximum absolute atomic E-state index is 12.0. The minimum Gasteiger partial charge on any atom is -0.363 e. The zero-order chi connectivity index (χ0) is 12.2. The van der Waals surface area contributed by atoms with Crippen LogP contribution in [0.4, 0.5) is 13.2 Å². The molecule has 0 aromatic heterocycles. The number of aryl methyl sites for hydroxylation is 1. The maximum atomic E-state index is 12.0. The van der Waals surface area contributed by atoms with E-state index >= 15 is 0 Å². The van der Waals surface area contributed by atoms with Crippen molar-refractivity contribution in [1.82, 2.24) is 0 Å². The molecule has 1 aromatic carbocycles. The van der Waals surface area contributed by atoms with E-state index in [0.717, 1.165) is 11.1 Å². The lowest BCUT2D eigenvalue weighted by molar-refractivity contribution is -0.183. The van der Waals surface area contributed by atoms with Crippen molar-refractivity contribution in [2.45, 2.75) is 19.2 Å². The van der Waals surface area contributed by atoms with Gasteiger partial charge < -0.3 is 4.74 Å². The molecule has 1 rings (SSSR count). The number of halogens is 4. The van der Waals surface area contributed by atoms with Crippen LogP contribution in [0.5, 0.6) is 0 Å². The quantitative estimate of drug-likeness (QED) is 0.763. The van der Waals surface area contributed by atoms with Crippen LogP contribution < -0.4 is 0 Å². The summed E-state index contributed by atoms with van der Waals surface area (Å²) in [6.45, 7) is 0.625. The summed E-state index contributed by atoms with van der Waals surface area (Å²) in [7, 11) is 0. The molecule has 1 nitrogen and oxygen atoms in total. The monoisotopic (exact) mass is 296 g/mol. The highest BCUT2D eigenvalue weighted by molar-refractivity contribution is 9.09. The standard InChI is InChI=1S/C11H12BrF3O/c1-8-4-2-3-5-9(8)10(6-12)16-7-11(13,14)15/h2-5,10H,6-7H2,1H3. The van der Waals surface area contributed by atoms with Crippen LogP contribution in [0, 0.1) is 6.92 Å². The normalized spacial score (nSPS) is 13.8. The van der Waals surface area contributed by atoms with Gasteiger partial charge in [-0.25, -0.2) is 0 Å². The zero-order valence-corrected chi connectivity index (χ0v) is 10.3. The van der Waals surface area contributed by atoms with E-state index in [1.165, 1.54) is 0 Å². The number of rotatable bonds is 4. The summed E-state index contributed by atoms with van der Waals surface area (Å²) in [4.78, 5) is 0. The van der Waals surface area contributed by atoms with E-state index in [9.17, 15) is 13.2 Å². The van der Waals surface area contributed by atoms with E-state index < -0.39 is 18.9 Å². The van der Waals surface area contributed by atoms with Crippen molar-refractivity contribution < 1.29 is 17.9 Å². The number of hydrogen-bond donors (Lipinski definition) is 0. The summed E-state index contributed by atoms with van der Waals surface area (Å²) in [6, 6.07) is 7.25. The average Bonchev–Trinajstić information content (AvgIpc) is 2.20. The van der Waals surface area contributed by atoms with Crippen LogP contribution in [-0.4, -0.2) is 18.1 Å². The molecule has 0 saturated heterocycles. The summed E-state index contributed by atoms with van der Waals surface area (Å²) >= 11 is 3.16. The van der Waals surface area contributed by atoms with E-state index in [0.29, 0.717) is 5.33 Å². The molecule has 90 valence electrons. The lowest BCUT2D eigenvalue weighted by Crippen LogP contribution is -2.20. The molecule has 0 heterocycles. The lowest BCUT2D eigenvalue weighted by Gasteiger charge is -2.18. The Bertz CT molecular complexity index is 338. The van der Waals surface area contributed by atoms with Crippen molar-refractivity contribution in [1.29, 1.82) is 0 Å². The van der Waals surface area contributed by atoms with E-state index in [4.69, 9.17) is 4.74 Å². The molecule has 0 aliphatic heterocycles. The fourth-order valence-electron chi connectivity index (χ4n) is 1.36. The lowest BCUT2D eigenvalue weighted by atomic mass is 10.0. The molecule has 0 N–H and O–H groups in total. The van der Waals surface area contributed by atoms with Gasteiger partial charge in [0.05, 0.1) is 6.10 Å². The van der Waals surface area contributed by atoms with Crippen LogP contribution in [0.25, 0.3) is 0 Å². The molecule has 0 saturated carbocycles. The van der Waals surface area contributed by atoms with Crippen molar-refractivity contribution in [3.8, 4) is 0 Å². The van der Waals surface area contributed by atoms with Crippen LogP contribution in [0.1, 0.15) is 17.2 Å². The Kier molecular flexibility index (Phi) is 4.80. The first-order valence-electron chi connectivity index (χ1n) is 4.74. The van der Waals surface area contributed by atoms with Gasteiger partial charge in [0.25, 0.3) is 0 Å². The first-order valence-corrected chi connectivity index (χ1v) is 5.86. The van der Waals surface area contributed by atoms with Gasteiger partial charge in [-0.3, -0.25) is 0 Å². The minimum atomic E-state index is -4.29. The molecule has 0 aliphatic carbocycles. The van der Waals surface area contributed by atoms with Crippen molar-refractivity contribution in [2.75, 3.05) is 11.9 Å². The maximum Gasteiger partial charge on any atom is 0.411 e. The van der Waals surface area contributed by atoms with Crippen LogP contribution in [-0.2, 0) is 4.74 Å². The third-order valence-corrected chi connectivity index (χ3v) is 2.71. The second-order valence-electron chi connectivity index (χ2n) is 3.43. The summed E-state index contributed by atoms with van der Waals surface area (Å²) in [5.41, 5.74) is 1.71. The van der Waals surface area contributed by atoms with Crippen molar-refractivity contribution in [3.05, 3.63) is 35.4 Å². The summed E-state index contributed by atoms with van der Waals surface area (Å²) in [6.07, 6.45) is -4.86. The van der Waals surface area contributed by atoms with Crippen molar-refractivity contribution in [2.24, 2.45) is 0 Å². The largest absolute Gasteiger partial charge is 0.411 e. The third kappa shape index (κ3) is 4.14. The van der Waals surface area contributed by atoms with Gasteiger partial charge in [0.2, 0.25) is 0 Å². The fraction of sp³-hybridized carbons (Fsp3) is 0.455. The van der Waals surface area contributed by atoms with Crippen LogP contribution in [0.3, 0.4) is 0 Å². The third-order valence-electron chi connectivity index (χ3n) is 2.12. The van der Waals surface area contributed by atoms with E-state index in [1.807, 2.05) is 19.1 Å². The summed E-state index contributed by atoms with van der Waals surface area (Å²) in [5, 5.41) is 0.341.